The average Bonchev–Trinajstić information content (AvgIpc) is 2.90. The molecule has 2 heteroatoms. The summed E-state index contributed by atoms with van der Waals surface area (Å²) in [5, 5.41) is 3.66. The lowest BCUT2D eigenvalue weighted by molar-refractivity contribution is 0.103. The Morgan fingerprint density at radius 3 is 2.69 bits per heavy atom. The van der Waals surface area contributed by atoms with Gasteiger partial charge in [0.25, 0.3) is 0 Å². The molecule has 94 valence electrons. The number of hydrogen-bond donors (Lipinski definition) is 1. The molecule has 1 aliphatic heterocycles. The first-order valence-electron chi connectivity index (χ1n) is 7.19. The summed E-state index contributed by atoms with van der Waals surface area (Å²) in [6.07, 6.45) is 11.5. The van der Waals surface area contributed by atoms with E-state index in [1.807, 2.05) is 0 Å². The maximum absolute atomic E-state index is 5.63. The second-order valence-electron chi connectivity index (χ2n) is 5.67. The molecule has 1 heterocycles. The zero-order valence-electron chi connectivity index (χ0n) is 10.7. The van der Waals surface area contributed by atoms with Crippen LogP contribution < -0.4 is 5.32 Å². The van der Waals surface area contributed by atoms with Gasteiger partial charge in [0.1, 0.15) is 0 Å². The average molecular weight is 225 g/mol. The van der Waals surface area contributed by atoms with Crippen LogP contribution in [0.5, 0.6) is 0 Å². The van der Waals surface area contributed by atoms with E-state index in [1.165, 1.54) is 51.4 Å². The zero-order chi connectivity index (χ0) is 11.2. The van der Waals surface area contributed by atoms with E-state index in [-0.39, 0.29) is 0 Å². The van der Waals surface area contributed by atoms with Gasteiger partial charge in [-0.3, -0.25) is 0 Å². The quantitative estimate of drug-likeness (QED) is 0.750. The molecule has 2 aliphatic rings. The highest BCUT2D eigenvalue weighted by molar-refractivity contribution is 4.74. The van der Waals surface area contributed by atoms with Gasteiger partial charge in [0.05, 0.1) is 6.10 Å². The molecule has 2 nitrogen and oxygen atoms in total. The molecule has 16 heavy (non-hydrogen) atoms. The van der Waals surface area contributed by atoms with Crippen LogP contribution >= 0.6 is 0 Å². The lowest BCUT2D eigenvalue weighted by atomic mass is 9.99. The van der Waals surface area contributed by atoms with Gasteiger partial charge in [0, 0.05) is 12.6 Å². The molecule has 1 saturated carbocycles. The first kappa shape index (κ1) is 12.4. The van der Waals surface area contributed by atoms with Gasteiger partial charge in [-0.15, -0.1) is 0 Å². The highest BCUT2D eigenvalue weighted by Crippen LogP contribution is 2.28. The molecule has 1 N–H and O–H groups in total. The van der Waals surface area contributed by atoms with Crippen molar-refractivity contribution in [3.05, 3.63) is 0 Å². The Labute approximate surface area is 100 Å². The van der Waals surface area contributed by atoms with Gasteiger partial charge < -0.3 is 10.1 Å². The Hall–Kier alpha value is -0.0800. The van der Waals surface area contributed by atoms with E-state index < -0.39 is 0 Å². The number of rotatable bonds is 6. The first-order valence-corrected chi connectivity index (χ1v) is 7.19. The van der Waals surface area contributed by atoms with Crippen LogP contribution in [0.1, 0.15) is 58.3 Å². The molecule has 0 aromatic carbocycles. The van der Waals surface area contributed by atoms with E-state index in [0.717, 1.165) is 19.1 Å². The molecule has 0 radical (unpaired) electrons. The fraction of sp³-hybridized carbons (Fsp3) is 1.00. The molecule has 0 aromatic rings. The second kappa shape index (κ2) is 6.61. The van der Waals surface area contributed by atoms with E-state index >= 15 is 0 Å². The van der Waals surface area contributed by atoms with Crippen molar-refractivity contribution in [2.24, 2.45) is 5.92 Å². The van der Waals surface area contributed by atoms with Crippen molar-refractivity contribution in [2.45, 2.75) is 70.4 Å². The van der Waals surface area contributed by atoms with Crippen LogP contribution in [0, 0.1) is 5.92 Å². The Balaban J connectivity index is 1.51. The van der Waals surface area contributed by atoms with Crippen molar-refractivity contribution in [3.8, 4) is 0 Å². The van der Waals surface area contributed by atoms with Gasteiger partial charge in [0.2, 0.25) is 0 Å². The predicted molar refractivity (Wildman–Crippen MR) is 67.6 cm³/mol. The van der Waals surface area contributed by atoms with E-state index in [1.54, 1.807) is 0 Å². The van der Waals surface area contributed by atoms with Crippen molar-refractivity contribution in [1.82, 2.24) is 5.32 Å². The van der Waals surface area contributed by atoms with Crippen molar-refractivity contribution >= 4 is 0 Å². The molecule has 0 amide bonds. The Morgan fingerprint density at radius 1 is 1.19 bits per heavy atom. The summed E-state index contributed by atoms with van der Waals surface area (Å²) in [5.74, 6) is 1.00. The van der Waals surface area contributed by atoms with Gasteiger partial charge in [-0.25, -0.2) is 0 Å². The SMILES string of the molecule is CC(CC1CCCC1)NCCC1CCCO1. The summed E-state index contributed by atoms with van der Waals surface area (Å²) in [6.45, 7) is 4.47. The molecule has 0 aromatic heterocycles. The van der Waals surface area contributed by atoms with E-state index in [9.17, 15) is 0 Å². The maximum Gasteiger partial charge on any atom is 0.0588 e. The van der Waals surface area contributed by atoms with Gasteiger partial charge in [-0.05, 0) is 45.1 Å². The summed E-state index contributed by atoms with van der Waals surface area (Å²) in [5.41, 5.74) is 0. The van der Waals surface area contributed by atoms with Gasteiger partial charge in [-0.1, -0.05) is 25.7 Å². The summed E-state index contributed by atoms with van der Waals surface area (Å²) >= 11 is 0. The number of ether oxygens (including phenoxy) is 1. The van der Waals surface area contributed by atoms with Crippen LogP contribution in [-0.4, -0.2) is 25.3 Å². The minimum atomic E-state index is 0.547. The Kier molecular flexibility index (Phi) is 5.11. The molecule has 2 fully saturated rings. The Bertz CT molecular complexity index is 183. The highest BCUT2D eigenvalue weighted by atomic mass is 16.5. The van der Waals surface area contributed by atoms with Gasteiger partial charge in [-0.2, -0.15) is 0 Å². The topological polar surface area (TPSA) is 21.3 Å². The van der Waals surface area contributed by atoms with Crippen molar-refractivity contribution in [2.75, 3.05) is 13.2 Å². The van der Waals surface area contributed by atoms with E-state index in [4.69, 9.17) is 4.74 Å². The fourth-order valence-corrected chi connectivity index (χ4v) is 3.19. The molecule has 1 saturated heterocycles. The van der Waals surface area contributed by atoms with Crippen LogP contribution in [-0.2, 0) is 4.74 Å². The molecule has 1 aliphatic carbocycles. The normalized spacial score (nSPS) is 28.7. The summed E-state index contributed by atoms with van der Waals surface area (Å²) in [6, 6.07) is 0.699. The second-order valence-corrected chi connectivity index (χ2v) is 5.67. The molecular formula is C14H27NO. The number of nitrogens with one attached hydrogen (secondary N) is 1. The largest absolute Gasteiger partial charge is 0.378 e. The predicted octanol–water partition coefficient (Wildman–Crippen LogP) is 3.11. The molecule has 2 unspecified atom stereocenters. The minimum Gasteiger partial charge on any atom is -0.378 e. The van der Waals surface area contributed by atoms with Gasteiger partial charge >= 0.3 is 0 Å². The van der Waals surface area contributed by atoms with Gasteiger partial charge in [0.15, 0.2) is 0 Å². The lowest BCUT2D eigenvalue weighted by Gasteiger charge is -2.18. The number of hydrogen-bond acceptors (Lipinski definition) is 2. The Morgan fingerprint density at radius 2 is 2.00 bits per heavy atom. The van der Waals surface area contributed by atoms with Crippen LogP contribution in [0.2, 0.25) is 0 Å². The fourth-order valence-electron chi connectivity index (χ4n) is 3.19. The molecule has 0 spiro atoms. The molecule has 2 atom stereocenters. The lowest BCUT2D eigenvalue weighted by Crippen LogP contribution is -2.30. The maximum atomic E-state index is 5.63. The molecule has 0 bridgehead atoms. The van der Waals surface area contributed by atoms with E-state index in [2.05, 4.69) is 12.2 Å². The third kappa shape index (κ3) is 4.06. The first-order chi connectivity index (χ1) is 7.84. The third-order valence-electron chi connectivity index (χ3n) is 4.14. The summed E-state index contributed by atoms with van der Waals surface area (Å²) in [7, 11) is 0. The van der Waals surface area contributed by atoms with Crippen LogP contribution in [0.3, 0.4) is 0 Å². The van der Waals surface area contributed by atoms with E-state index in [0.29, 0.717) is 12.1 Å². The van der Waals surface area contributed by atoms with Crippen molar-refractivity contribution < 1.29 is 4.74 Å². The summed E-state index contributed by atoms with van der Waals surface area (Å²) in [4.78, 5) is 0. The monoisotopic (exact) mass is 225 g/mol. The van der Waals surface area contributed by atoms with Crippen molar-refractivity contribution in [3.63, 3.8) is 0 Å². The van der Waals surface area contributed by atoms with Crippen LogP contribution in [0.25, 0.3) is 0 Å². The minimum absolute atomic E-state index is 0.547. The van der Waals surface area contributed by atoms with Crippen LogP contribution in [0.15, 0.2) is 0 Å². The highest BCUT2D eigenvalue weighted by Gasteiger charge is 2.18. The standard InChI is InChI=1S/C14H27NO/c1-12(11-13-5-2-3-6-13)15-9-8-14-7-4-10-16-14/h12-15H,2-11H2,1H3. The molecular weight excluding hydrogens is 198 g/mol. The van der Waals surface area contributed by atoms with Crippen LogP contribution in [0.4, 0.5) is 0 Å². The molecule has 2 rings (SSSR count). The van der Waals surface area contributed by atoms with Crippen molar-refractivity contribution in [1.29, 1.82) is 0 Å². The zero-order valence-corrected chi connectivity index (χ0v) is 10.7. The summed E-state index contributed by atoms with van der Waals surface area (Å²) < 4.78 is 5.63. The third-order valence-corrected chi connectivity index (χ3v) is 4.14. The smallest absolute Gasteiger partial charge is 0.0588 e.